The molecule has 0 aliphatic carbocycles. The Morgan fingerprint density at radius 2 is 1.28 bits per heavy atom. The van der Waals surface area contributed by atoms with Gasteiger partial charge in [0.2, 0.25) is 0 Å². The molecule has 0 aliphatic heterocycles. The zero-order valence-corrected chi connectivity index (χ0v) is 17.4. The van der Waals surface area contributed by atoms with Crippen LogP contribution in [-0.2, 0) is 14.2 Å². The van der Waals surface area contributed by atoms with Gasteiger partial charge in [0, 0.05) is 13.5 Å². The predicted molar refractivity (Wildman–Crippen MR) is 104 cm³/mol. The Hall–Kier alpha value is -0.200. The molecule has 0 saturated carbocycles. The van der Waals surface area contributed by atoms with Gasteiger partial charge in [-0.3, -0.25) is 0 Å². The summed E-state index contributed by atoms with van der Waals surface area (Å²) in [6.45, 7) is 7.71. The normalized spacial score (nSPS) is 14.6. The Balaban J connectivity index is 3.26. The van der Waals surface area contributed by atoms with Gasteiger partial charge in [0.25, 0.3) is 0 Å². The van der Waals surface area contributed by atoms with Gasteiger partial charge in [0.05, 0.1) is 27.3 Å². The SMILES string of the molecule is CCCCCCCCCCCCOCCOC(C)OC(C)[N+](C)(C)[O-]. The minimum Gasteiger partial charge on any atom is -0.631 e. The molecule has 0 heterocycles. The van der Waals surface area contributed by atoms with Gasteiger partial charge in [-0.1, -0.05) is 64.7 Å². The largest absolute Gasteiger partial charge is 0.631 e. The summed E-state index contributed by atoms with van der Waals surface area (Å²) >= 11 is 0. The second kappa shape index (κ2) is 16.0. The zero-order chi connectivity index (χ0) is 19.0. The van der Waals surface area contributed by atoms with E-state index in [1.807, 2.05) is 6.92 Å². The number of hydrogen-bond donors (Lipinski definition) is 0. The highest BCUT2D eigenvalue weighted by atomic mass is 16.7. The van der Waals surface area contributed by atoms with Crippen molar-refractivity contribution in [1.82, 2.24) is 0 Å². The van der Waals surface area contributed by atoms with E-state index >= 15 is 0 Å². The molecule has 0 rings (SSSR count). The number of hydroxylamine groups is 3. The molecular weight excluding hydrogens is 318 g/mol. The fourth-order valence-electron chi connectivity index (χ4n) is 2.53. The van der Waals surface area contributed by atoms with E-state index in [0.717, 1.165) is 13.0 Å². The van der Waals surface area contributed by atoms with E-state index in [4.69, 9.17) is 14.2 Å². The molecule has 0 aliphatic rings. The molecule has 0 fully saturated rings. The molecule has 0 spiro atoms. The first-order valence-corrected chi connectivity index (χ1v) is 10.3. The lowest BCUT2D eigenvalue weighted by molar-refractivity contribution is -0.891. The first-order valence-electron chi connectivity index (χ1n) is 10.3. The van der Waals surface area contributed by atoms with Gasteiger partial charge >= 0.3 is 0 Å². The van der Waals surface area contributed by atoms with E-state index in [0.29, 0.717) is 13.2 Å². The summed E-state index contributed by atoms with van der Waals surface area (Å²) in [6.07, 6.45) is 12.5. The number of rotatable bonds is 18. The number of unbranched alkanes of at least 4 members (excludes halogenated alkanes) is 9. The number of quaternary nitrogens is 1. The fourth-order valence-corrected chi connectivity index (χ4v) is 2.53. The standard InChI is InChI=1S/C20H43NO4/c1-6-7-8-9-10-11-12-13-14-15-16-23-17-18-24-20(3)25-19(2)21(4,5)22/h19-20H,6-18H2,1-5H3. The van der Waals surface area contributed by atoms with Crippen LogP contribution in [0, 0.1) is 5.21 Å². The molecular formula is C20H43NO4. The minimum absolute atomic E-state index is 0.387. The predicted octanol–water partition coefficient (Wildman–Crippen LogP) is 5.22. The van der Waals surface area contributed by atoms with Crippen LogP contribution in [0.15, 0.2) is 0 Å². The van der Waals surface area contributed by atoms with Crippen LogP contribution in [0.1, 0.15) is 85.0 Å². The lowest BCUT2D eigenvalue weighted by Gasteiger charge is -2.40. The third-order valence-corrected chi connectivity index (χ3v) is 4.49. The molecule has 0 saturated heterocycles. The molecule has 0 aromatic heterocycles. The van der Waals surface area contributed by atoms with E-state index in [1.54, 1.807) is 21.0 Å². The second-order valence-corrected chi connectivity index (χ2v) is 7.40. The monoisotopic (exact) mass is 361 g/mol. The quantitative estimate of drug-likeness (QED) is 0.145. The Morgan fingerprint density at radius 3 is 1.80 bits per heavy atom. The molecule has 25 heavy (non-hydrogen) atoms. The summed E-state index contributed by atoms with van der Waals surface area (Å²) in [7, 11) is 3.12. The molecule has 0 bridgehead atoms. The van der Waals surface area contributed by atoms with Crippen LogP contribution in [0.25, 0.3) is 0 Å². The van der Waals surface area contributed by atoms with Crippen LogP contribution in [0.5, 0.6) is 0 Å². The second-order valence-electron chi connectivity index (χ2n) is 7.40. The number of hydrogen-bond acceptors (Lipinski definition) is 4. The third kappa shape index (κ3) is 17.0. The van der Waals surface area contributed by atoms with Crippen LogP contribution < -0.4 is 0 Å². The summed E-state index contributed by atoms with van der Waals surface area (Å²) in [5.74, 6) is 0. The van der Waals surface area contributed by atoms with Crippen LogP contribution >= 0.6 is 0 Å². The van der Waals surface area contributed by atoms with E-state index in [1.165, 1.54) is 57.8 Å². The molecule has 0 N–H and O–H groups in total. The van der Waals surface area contributed by atoms with Crippen molar-refractivity contribution in [2.45, 2.75) is 97.5 Å². The van der Waals surface area contributed by atoms with Crippen molar-refractivity contribution in [3.05, 3.63) is 5.21 Å². The van der Waals surface area contributed by atoms with Gasteiger partial charge in [-0.2, -0.15) is 0 Å². The third-order valence-electron chi connectivity index (χ3n) is 4.49. The summed E-state index contributed by atoms with van der Waals surface area (Å²) in [5.41, 5.74) is 0. The van der Waals surface area contributed by atoms with Crippen LogP contribution in [0.3, 0.4) is 0 Å². The van der Waals surface area contributed by atoms with E-state index in [2.05, 4.69) is 6.92 Å². The smallest absolute Gasteiger partial charge is 0.192 e. The topological polar surface area (TPSA) is 50.8 Å². The van der Waals surface area contributed by atoms with Crippen LogP contribution in [0.4, 0.5) is 0 Å². The van der Waals surface area contributed by atoms with E-state index < -0.39 is 10.9 Å². The molecule has 2 atom stereocenters. The highest BCUT2D eigenvalue weighted by Crippen LogP contribution is 2.11. The van der Waals surface area contributed by atoms with E-state index in [-0.39, 0.29) is 6.29 Å². The maximum absolute atomic E-state index is 11.7. The lowest BCUT2D eigenvalue weighted by atomic mass is 10.1. The first-order chi connectivity index (χ1) is 11.9. The van der Waals surface area contributed by atoms with Crippen molar-refractivity contribution in [3.63, 3.8) is 0 Å². The molecule has 5 heteroatoms. The maximum atomic E-state index is 11.7. The van der Waals surface area contributed by atoms with Crippen molar-refractivity contribution in [2.75, 3.05) is 33.9 Å². The molecule has 152 valence electrons. The number of nitrogens with zero attached hydrogens (tertiary/aromatic N) is 1. The van der Waals surface area contributed by atoms with Gasteiger partial charge in [-0.25, -0.2) is 0 Å². The van der Waals surface area contributed by atoms with Gasteiger partial charge in [-0.15, -0.1) is 0 Å². The van der Waals surface area contributed by atoms with Crippen molar-refractivity contribution in [1.29, 1.82) is 0 Å². The zero-order valence-electron chi connectivity index (χ0n) is 17.4. The molecule has 0 aromatic carbocycles. The average Bonchev–Trinajstić information content (AvgIpc) is 2.54. The lowest BCUT2D eigenvalue weighted by Crippen LogP contribution is -2.45. The Labute approximate surface area is 156 Å². The maximum Gasteiger partial charge on any atom is 0.192 e. The highest BCUT2D eigenvalue weighted by molar-refractivity contribution is 4.47. The molecule has 2 unspecified atom stereocenters. The molecule has 0 aromatic rings. The summed E-state index contributed by atoms with van der Waals surface area (Å²) in [5, 5.41) is 11.7. The summed E-state index contributed by atoms with van der Waals surface area (Å²) < 4.78 is 16.1. The van der Waals surface area contributed by atoms with Gasteiger partial charge in [0.1, 0.15) is 0 Å². The van der Waals surface area contributed by atoms with Gasteiger partial charge in [-0.05, 0) is 13.3 Å². The fraction of sp³-hybridized carbons (Fsp3) is 1.00. The van der Waals surface area contributed by atoms with Gasteiger partial charge < -0.3 is 24.1 Å². The highest BCUT2D eigenvalue weighted by Gasteiger charge is 2.18. The molecule has 5 nitrogen and oxygen atoms in total. The minimum atomic E-state index is -0.483. The van der Waals surface area contributed by atoms with Crippen molar-refractivity contribution in [2.24, 2.45) is 0 Å². The summed E-state index contributed by atoms with van der Waals surface area (Å²) in [6, 6.07) is 0. The van der Waals surface area contributed by atoms with Crippen LogP contribution in [0.2, 0.25) is 0 Å². The Kier molecular flexibility index (Phi) is 15.9. The molecule has 0 amide bonds. The Morgan fingerprint density at radius 1 is 0.760 bits per heavy atom. The van der Waals surface area contributed by atoms with Crippen molar-refractivity contribution in [3.8, 4) is 0 Å². The molecule has 0 radical (unpaired) electrons. The van der Waals surface area contributed by atoms with Gasteiger partial charge in [0.15, 0.2) is 12.5 Å². The Bertz CT molecular complexity index is 281. The van der Waals surface area contributed by atoms with Crippen molar-refractivity contribution < 1.29 is 18.9 Å². The first kappa shape index (κ1) is 24.8. The average molecular weight is 362 g/mol. The van der Waals surface area contributed by atoms with E-state index in [9.17, 15) is 5.21 Å². The summed E-state index contributed by atoms with van der Waals surface area (Å²) in [4.78, 5) is 0. The van der Waals surface area contributed by atoms with Crippen LogP contribution in [-0.4, -0.2) is 51.1 Å². The van der Waals surface area contributed by atoms with Crippen molar-refractivity contribution >= 4 is 0 Å². The number of ether oxygens (including phenoxy) is 3.